The Hall–Kier alpha value is -1.31. The summed E-state index contributed by atoms with van der Waals surface area (Å²) >= 11 is 0. The van der Waals surface area contributed by atoms with Gasteiger partial charge in [-0.25, -0.2) is 4.98 Å². The number of hydrogen-bond acceptors (Lipinski definition) is 6. The molecule has 24 heavy (non-hydrogen) atoms. The van der Waals surface area contributed by atoms with Gasteiger partial charge in [-0.3, -0.25) is 4.79 Å². The largest absolute Gasteiger partial charge is 0.351 e. The maximum atomic E-state index is 12.3. The molecular weight excluding hydrogens is 351 g/mol. The van der Waals surface area contributed by atoms with Crippen molar-refractivity contribution in [1.82, 2.24) is 9.97 Å². The minimum Gasteiger partial charge on any atom is -0.351 e. The number of hydrogen-bond donors (Lipinski definition) is 3. The van der Waals surface area contributed by atoms with Gasteiger partial charge in [0.15, 0.2) is 5.82 Å². The molecule has 2 heterocycles. The highest BCUT2D eigenvalue weighted by Crippen LogP contribution is 2.34. The van der Waals surface area contributed by atoms with Crippen molar-refractivity contribution in [2.75, 3.05) is 22.6 Å². The van der Waals surface area contributed by atoms with Crippen LogP contribution in [-0.2, 0) is 4.79 Å². The molecule has 1 aliphatic carbocycles. The fourth-order valence-electron chi connectivity index (χ4n) is 3.24. The van der Waals surface area contributed by atoms with E-state index >= 15 is 0 Å². The van der Waals surface area contributed by atoms with Crippen LogP contribution in [0.25, 0.3) is 0 Å². The van der Waals surface area contributed by atoms with Crippen LogP contribution in [0.4, 0.5) is 17.5 Å². The van der Waals surface area contributed by atoms with E-state index in [-0.39, 0.29) is 48.7 Å². The first kappa shape index (κ1) is 20.7. The molecule has 1 aromatic rings. The van der Waals surface area contributed by atoms with Crippen LogP contribution in [0.1, 0.15) is 32.4 Å². The second-order valence-electron chi connectivity index (χ2n) is 6.69. The number of nitrogens with zero attached hydrogens (tertiary/aromatic N) is 3. The molecule has 1 aliphatic heterocycles. The van der Waals surface area contributed by atoms with Gasteiger partial charge >= 0.3 is 0 Å². The summed E-state index contributed by atoms with van der Waals surface area (Å²) in [6.45, 7) is 5.96. The Balaban J connectivity index is 0.00000144. The summed E-state index contributed by atoms with van der Waals surface area (Å²) in [5.74, 6) is 1.59. The van der Waals surface area contributed by atoms with E-state index in [1.165, 1.54) is 0 Å². The lowest BCUT2D eigenvalue weighted by molar-refractivity contribution is -0.118. The molecule has 9 heteroatoms. The van der Waals surface area contributed by atoms with E-state index in [1.807, 2.05) is 32.7 Å². The lowest BCUT2D eigenvalue weighted by Gasteiger charge is -2.37. The minimum atomic E-state index is -0.216. The Labute approximate surface area is 155 Å². The normalized spacial score (nSPS) is 25.0. The molecule has 7 nitrogen and oxygen atoms in total. The third-order valence-corrected chi connectivity index (χ3v) is 4.48. The number of carbonyl (C=O) groups is 1. The molecule has 0 unspecified atom stereocenters. The molecule has 0 spiro atoms. The lowest BCUT2D eigenvalue weighted by Crippen LogP contribution is -2.50. The number of halogens is 2. The van der Waals surface area contributed by atoms with Gasteiger partial charge in [0.25, 0.3) is 0 Å². The van der Waals surface area contributed by atoms with Crippen molar-refractivity contribution in [3.8, 4) is 0 Å². The van der Waals surface area contributed by atoms with E-state index in [1.54, 1.807) is 0 Å². The Morgan fingerprint density at radius 3 is 2.46 bits per heavy atom. The van der Waals surface area contributed by atoms with Crippen LogP contribution in [0.2, 0.25) is 0 Å². The summed E-state index contributed by atoms with van der Waals surface area (Å²) < 4.78 is 0. The summed E-state index contributed by atoms with van der Waals surface area (Å²) in [6, 6.07) is 0.409. The van der Waals surface area contributed by atoms with Crippen LogP contribution >= 0.6 is 24.8 Å². The number of amides is 1. The highest BCUT2D eigenvalue weighted by atomic mass is 35.5. The van der Waals surface area contributed by atoms with E-state index in [2.05, 4.69) is 20.6 Å². The Kier molecular flexibility index (Phi) is 6.67. The van der Waals surface area contributed by atoms with E-state index in [9.17, 15) is 4.79 Å². The quantitative estimate of drug-likeness (QED) is 0.745. The zero-order chi connectivity index (χ0) is 16.0. The average Bonchev–Trinajstić information content (AvgIpc) is 2.38. The molecule has 0 saturated heterocycles. The molecule has 2 aliphatic rings. The first-order chi connectivity index (χ1) is 10.4. The number of anilines is 3. The summed E-state index contributed by atoms with van der Waals surface area (Å²) in [4.78, 5) is 23.3. The predicted molar refractivity (Wildman–Crippen MR) is 102 cm³/mol. The monoisotopic (exact) mass is 376 g/mol. The average molecular weight is 377 g/mol. The minimum absolute atomic E-state index is 0. The van der Waals surface area contributed by atoms with Crippen LogP contribution in [0.3, 0.4) is 0 Å². The molecule has 3 rings (SSSR count). The van der Waals surface area contributed by atoms with Crippen LogP contribution in [0.5, 0.6) is 0 Å². The standard InChI is InChI=1S/C15H24N6O.2ClH/c1-7(2)12-14(22)19-11-8(3)17-15(20-13(11)21(12)4)18-10-5-9(16)6-10;;/h7,9-10,12H,5-6,16H2,1-4H3,(H,19,22)(H,17,18,20);2*1H/t9?,10?,12-;;/m0../s1. The lowest BCUT2D eigenvalue weighted by atomic mass is 9.88. The Morgan fingerprint density at radius 2 is 1.92 bits per heavy atom. The van der Waals surface area contributed by atoms with Crippen molar-refractivity contribution in [2.45, 2.75) is 51.7 Å². The van der Waals surface area contributed by atoms with Gasteiger partial charge in [0.2, 0.25) is 11.9 Å². The fraction of sp³-hybridized carbons (Fsp3) is 0.667. The topological polar surface area (TPSA) is 96.2 Å². The number of aryl methyl sites for hydroxylation is 1. The molecular formula is C15H26Cl2N6O. The summed E-state index contributed by atoms with van der Waals surface area (Å²) in [5.41, 5.74) is 7.30. The predicted octanol–water partition coefficient (Wildman–Crippen LogP) is 1.94. The van der Waals surface area contributed by atoms with Crippen LogP contribution in [0.15, 0.2) is 0 Å². The van der Waals surface area contributed by atoms with Gasteiger partial charge in [-0.2, -0.15) is 4.98 Å². The number of carbonyl (C=O) groups excluding carboxylic acids is 1. The number of nitrogens with two attached hydrogens (primary N) is 1. The zero-order valence-electron chi connectivity index (χ0n) is 14.4. The van der Waals surface area contributed by atoms with E-state index in [0.29, 0.717) is 17.7 Å². The van der Waals surface area contributed by atoms with Crippen molar-refractivity contribution in [2.24, 2.45) is 11.7 Å². The number of nitrogens with one attached hydrogen (secondary N) is 2. The third kappa shape index (κ3) is 3.68. The molecule has 0 radical (unpaired) electrons. The highest BCUT2D eigenvalue weighted by molar-refractivity contribution is 6.03. The summed E-state index contributed by atoms with van der Waals surface area (Å²) in [5, 5.41) is 6.29. The van der Waals surface area contributed by atoms with E-state index < -0.39 is 0 Å². The SMILES string of the molecule is Cc1nc(NC2CC(N)C2)nc2c1NC(=O)[C@H](C(C)C)N2C.Cl.Cl. The van der Waals surface area contributed by atoms with Gasteiger partial charge in [-0.1, -0.05) is 13.8 Å². The highest BCUT2D eigenvalue weighted by Gasteiger charge is 2.35. The molecule has 136 valence electrons. The van der Waals surface area contributed by atoms with E-state index in [4.69, 9.17) is 5.73 Å². The van der Waals surface area contributed by atoms with Gasteiger partial charge in [-0.05, 0) is 25.7 Å². The second kappa shape index (κ2) is 7.72. The van der Waals surface area contributed by atoms with Gasteiger partial charge in [-0.15, -0.1) is 24.8 Å². The molecule has 1 atom stereocenters. The molecule has 1 fully saturated rings. The van der Waals surface area contributed by atoms with Crippen molar-refractivity contribution in [3.63, 3.8) is 0 Å². The first-order valence-electron chi connectivity index (χ1n) is 7.81. The van der Waals surface area contributed by atoms with Crippen molar-refractivity contribution >= 4 is 48.2 Å². The van der Waals surface area contributed by atoms with Gasteiger partial charge < -0.3 is 21.3 Å². The molecule has 4 N–H and O–H groups in total. The Bertz CT molecular complexity index is 606. The smallest absolute Gasteiger partial charge is 0.247 e. The second-order valence-corrected chi connectivity index (χ2v) is 6.69. The molecule has 1 amide bonds. The molecule has 0 bridgehead atoms. The Morgan fingerprint density at radius 1 is 1.29 bits per heavy atom. The molecule has 0 aromatic carbocycles. The summed E-state index contributed by atoms with van der Waals surface area (Å²) in [6.07, 6.45) is 1.89. The number of likely N-dealkylation sites (N-methyl/N-ethyl adjacent to an activating group) is 1. The number of fused-ring (bicyclic) bond motifs is 1. The van der Waals surface area contributed by atoms with Gasteiger partial charge in [0, 0.05) is 19.1 Å². The van der Waals surface area contributed by atoms with Crippen molar-refractivity contribution < 1.29 is 4.79 Å². The molecule has 1 aromatic heterocycles. The first-order valence-corrected chi connectivity index (χ1v) is 7.81. The van der Waals surface area contributed by atoms with Gasteiger partial charge in [0.05, 0.1) is 5.69 Å². The van der Waals surface area contributed by atoms with Crippen molar-refractivity contribution in [1.29, 1.82) is 0 Å². The van der Waals surface area contributed by atoms with Gasteiger partial charge in [0.1, 0.15) is 11.7 Å². The van der Waals surface area contributed by atoms with Crippen LogP contribution in [-0.4, -0.2) is 41.0 Å². The molecule has 1 saturated carbocycles. The number of aromatic nitrogens is 2. The summed E-state index contributed by atoms with van der Waals surface area (Å²) in [7, 11) is 1.91. The number of rotatable bonds is 3. The van der Waals surface area contributed by atoms with Crippen LogP contribution in [0, 0.1) is 12.8 Å². The van der Waals surface area contributed by atoms with E-state index in [0.717, 1.165) is 24.4 Å². The van der Waals surface area contributed by atoms with Crippen LogP contribution < -0.4 is 21.3 Å². The van der Waals surface area contributed by atoms with Crippen molar-refractivity contribution in [3.05, 3.63) is 5.69 Å². The fourth-order valence-corrected chi connectivity index (χ4v) is 3.24. The maximum Gasteiger partial charge on any atom is 0.247 e. The maximum absolute atomic E-state index is 12.3. The third-order valence-electron chi connectivity index (χ3n) is 4.48. The zero-order valence-corrected chi connectivity index (χ0v) is 16.0.